The average Bonchev–Trinajstić information content (AvgIpc) is 3.20. The summed E-state index contributed by atoms with van der Waals surface area (Å²) in [5.74, 6) is 0.280. The molecule has 1 saturated heterocycles. The summed E-state index contributed by atoms with van der Waals surface area (Å²) in [6.07, 6.45) is -0.976. The molecule has 0 aromatic heterocycles. The first-order valence-corrected chi connectivity index (χ1v) is 8.79. The molecule has 28 heavy (non-hydrogen) atoms. The highest BCUT2D eigenvalue weighted by Gasteiger charge is 2.50. The van der Waals surface area contributed by atoms with Gasteiger partial charge in [0.05, 0.1) is 31.2 Å². The zero-order valence-electron chi connectivity index (χ0n) is 16.0. The second kappa shape index (κ2) is 6.69. The molecule has 4 rings (SSSR count). The van der Waals surface area contributed by atoms with Crippen LogP contribution in [0.5, 0.6) is 11.5 Å². The summed E-state index contributed by atoms with van der Waals surface area (Å²) >= 11 is 0. The van der Waals surface area contributed by atoms with E-state index in [1.165, 1.54) is 12.0 Å². The number of aryl methyl sites for hydroxylation is 2. The molecule has 7 heteroatoms. The summed E-state index contributed by atoms with van der Waals surface area (Å²) in [6, 6.07) is 10.9. The first-order chi connectivity index (χ1) is 13.4. The van der Waals surface area contributed by atoms with Crippen molar-refractivity contribution in [3.8, 4) is 11.5 Å². The standard InChI is InChI=1S/C21H20N2O5/c1-11-7-12(2)9-14(8-11)23-20(24)17-18(22-28-19(17)21(23)25)13-5-6-15(26-3)16(10-13)27-4/h5-10,19,22H,1-4H3/t19-/m0/s1. The molecule has 1 N–H and O–H groups in total. The van der Waals surface area contributed by atoms with Gasteiger partial charge in [0, 0.05) is 5.56 Å². The van der Waals surface area contributed by atoms with Crippen LogP contribution in [0.4, 0.5) is 5.69 Å². The monoisotopic (exact) mass is 380 g/mol. The SMILES string of the molecule is COc1ccc(C2=C3C(=O)N(c4cc(C)cc(C)c4)C(=O)[C@H]3ON2)cc1OC. The first-order valence-electron chi connectivity index (χ1n) is 8.79. The van der Waals surface area contributed by atoms with Gasteiger partial charge in [-0.3, -0.25) is 19.9 Å². The Bertz CT molecular complexity index is 1010. The fourth-order valence-electron chi connectivity index (χ4n) is 3.62. The number of nitrogens with one attached hydrogen (secondary N) is 1. The summed E-state index contributed by atoms with van der Waals surface area (Å²) in [5.41, 5.74) is 6.63. The van der Waals surface area contributed by atoms with Gasteiger partial charge in [0.2, 0.25) is 0 Å². The van der Waals surface area contributed by atoms with E-state index in [9.17, 15) is 9.59 Å². The summed E-state index contributed by atoms with van der Waals surface area (Å²) in [5, 5.41) is 0. The molecule has 0 saturated carbocycles. The van der Waals surface area contributed by atoms with Gasteiger partial charge in [0.25, 0.3) is 11.8 Å². The van der Waals surface area contributed by atoms with Crippen molar-refractivity contribution in [3.05, 3.63) is 58.7 Å². The Labute approximate surface area is 162 Å². The number of ether oxygens (including phenoxy) is 2. The molecule has 1 fully saturated rings. The molecule has 2 aromatic carbocycles. The molecular weight excluding hydrogens is 360 g/mol. The zero-order chi connectivity index (χ0) is 20.0. The van der Waals surface area contributed by atoms with Crippen LogP contribution in [0.15, 0.2) is 42.0 Å². The normalized spacial score (nSPS) is 18.4. The Balaban J connectivity index is 1.79. The summed E-state index contributed by atoms with van der Waals surface area (Å²) in [4.78, 5) is 32.7. The van der Waals surface area contributed by atoms with Crippen LogP contribution in [0.25, 0.3) is 5.70 Å². The van der Waals surface area contributed by atoms with Crippen LogP contribution in [0, 0.1) is 13.8 Å². The van der Waals surface area contributed by atoms with Crippen molar-refractivity contribution >= 4 is 23.2 Å². The van der Waals surface area contributed by atoms with E-state index in [1.807, 2.05) is 32.0 Å². The Morgan fingerprint density at radius 1 is 0.964 bits per heavy atom. The number of benzene rings is 2. The van der Waals surface area contributed by atoms with Gasteiger partial charge in [-0.15, -0.1) is 0 Å². The molecule has 0 radical (unpaired) electrons. The molecule has 0 bridgehead atoms. The van der Waals surface area contributed by atoms with Crippen LogP contribution >= 0.6 is 0 Å². The van der Waals surface area contributed by atoms with Crippen molar-refractivity contribution in [1.82, 2.24) is 5.48 Å². The van der Waals surface area contributed by atoms with Crippen LogP contribution in [0.3, 0.4) is 0 Å². The van der Waals surface area contributed by atoms with E-state index in [0.717, 1.165) is 11.1 Å². The van der Waals surface area contributed by atoms with Crippen molar-refractivity contribution < 1.29 is 23.9 Å². The average molecular weight is 380 g/mol. The molecule has 2 aliphatic heterocycles. The topological polar surface area (TPSA) is 77.1 Å². The predicted octanol–water partition coefficient (Wildman–Crippen LogP) is 2.51. The minimum absolute atomic E-state index is 0.288. The van der Waals surface area contributed by atoms with Gasteiger partial charge in [-0.1, -0.05) is 6.07 Å². The number of rotatable bonds is 4. The highest BCUT2D eigenvalue weighted by Crippen LogP contribution is 2.38. The van der Waals surface area contributed by atoms with Crippen molar-refractivity contribution in [3.63, 3.8) is 0 Å². The quantitative estimate of drug-likeness (QED) is 0.822. The summed E-state index contributed by atoms with van der Waals surface area (Å²) in [7, 11) is 3.08. The van der Waals surface area contributed by atoms with Crippen molar-refractivity contribution in [2.24, 2.45) is 0 Å². The van der Waals surface area contributed by atoms with E-state index < -0.39 is 17.9 Å². The highest BCUT2D eigenvalue weighted by molar-refractivity contribution is 6.33. The van der Waals surface area contributed by atoms with Gasteiger partial charge in [0.15, 0.2) is 17.6 Å². The maximum atomic E-state index is 13.2. The van der Waals surface area contributed by atoms with Gasteiger partial charge in [-0.25, -0.2) is 4.90 Å². The minimum atomic E-state index is -0.976. The van der Waals surface area contributed by atoms with E-state index in [2.05, 4.69) is 5.48 Å². The third-order valence-electron chi connectivity index (χ3n) is 4.83. The summed E-state index contributed by atoms with van der Waals surface area (Å²) < 4.78 is 10.6. The Kier molecular flexibility index (Phi) is 4.31. The minimum Gasteiger partial charge on any atom is -0.493 e. The molecule has 2 aromatic rings. The Morgan fingerprint density at radius 3 is 2.29 bits per heavy atom. The van der Waals surface area contributed by atoms with E-state index >= 15 is 0 Å². The number of fused-ring (bicyclic) bond motifs is 1. The van der Waals surface area contributed by atoms with Crippen molar-refractivity contribution in [1.29, 1.82) is 0 Å². The maximum absolute atomic E-state index is 13.2. The number of methoxy groups -OCH3 is 2. The molecule has 0 spiro atoms. The molecule has 144 valence electrons. The van der Waals surface area contributed by atoms with Gasteiger partial charge in [0.1, 0.15) is 0 Å². The van der Waals surface area contributed by atoms with Crippen LogP contribution in [0.2, 0.25) is 0 Å². The lowest BCUT2D eigenvalue weighted by molar-refractivity contribution is -0.127. The van der Waals surface area contributed by atoms with E-state index in [1.54, 1.807) is 25.3 Å². The lowest BCUT2D eigenvalue weighted by atomic mass is 10.0. The number of amides is 2. The van der Waals surface area contributed by atoms with E-state index in [-0.39, 0.29) is 5.57 Å². The first kappa shape index (κ1) is 18.1. The van der Waals surface area contributed by atoms with E-state index in [4.69, 9.17) is 14.3 Å². The second-order valence-corrected chi connectivity index (χ2v) is 6.78. The lowest BCUT2D eigenvalue weighted by Gasteiger charge is -2.17. The molecule has 2 heterocycles. The van der Waals surface area contributed by atoms with Gasteiger partial charge in [-0.2, -0.15) is 0 Å². The van der Waals surface area contributed by atoms with Gasteiger partial charge in [-0.05, 0) is 55.3 Å². The maximum Gasteiger partial charge on any atom is 0.270 e. The number of imide groups is 1. The van der Waals surface area contributed by atoms with Crippen LogP contribution in [0.1, 0.15) is 16.7 Å². The fraction of sp³-hybridized carbons (Fsp3) is 0.238. The molecule has 2 amide bonds. The molecular formula is C21H20N2O5. The summed E-state index contributed by atoms with van der Waals surface area (Å²) in [6.45, 7) is 3.85. The smallest absolute Gasteiger partial charge is 0.270 e. The lowest BCUT2D eigenvalue weighted by Crippen LogP contribution is -2.34. The van der Waals surface area contributed by atoms with Gasteiger partial charge < -0.3 is 9.47 Å². The van der Waals surface area contributed by atoms with Crippen molar-refractivity contribution in [2.75, 3.05) is 19.1 Å². The van der Waals surface area contributed by atoms with Crippen LogP contribution in [-0.2, 0) is 14.4 Å². The van der Waals surface area contributed by atoms with E-state index in [0.29, 0.717) is 28.4 Å². The number of hydrogen-bond donors (Lipinski definition) is 1. The molecule has 7 nitrogen and oxygen atoms in total. The van der Waals surface area contributed by atoms with Crippen LogP contribution in [-0.4, -0.2) is 32.1 Å². The number of carbonyl (C=O) groups is 2. The highest BCUT2D eigenvalue weighted by atomic mass is 16.7. The largest absolute Gasteiger partial charge is 0.493 e. The number of nitrogens with zero attached hydrogens (tertiary/aromatic N) is 1. The Hall–Kier alpha value is -3.32. The molecule has 0 aliphatic carbocycles. The Morgan fingerprint density at radius 2 is 1.64 bits per heavy atom. The van der Waals surface area contributed by atoms with Crippen LogP contribution < -0.4 is 19.9 Å². The number of hydrogen-bond acceptors (Lipinski definition) is 6. The number of hydroxylamine groups is 1. The predicted molar refractivity (Wildman–Crippen MR) is 103 cm³/mol. The molecule has 1 atom stereocenters. The number of carbonyl (C=O) groups excluding carboxylic acids is 2. The number of anilines is 1. The van der Waals surface area contributed by atoms with Gasteiger partial charge >= 0.3 is 0 Å². The zero-order valence-corrected chi connectivity index (χ0v) is 16.0. The third-order valence-corrected chi connectivity index (χ3v) is 4.83. The molecule has 2 aliphatic rings. The van der Waals surface area contributed by atoms with Crippen molar-refractivity contribution in [2.45, 2.75) is 20.0 Å². The third kappa shape index (κ3) is 2.71. The second-order valence-electron chi connectivity index (χ2n) is 6.78. The fourth-order valence-corrected chi connectivity index (χ4v) is 3.62. The molecule has 0 unspecified atom stereocenters.